The van der Waals surface area contributed by atoms with Gasteiger partial charge in [-0.3, -0.25) is 4.79 Å². The predicted octanol–water partition coefficient (Wildman–Crippen LogP) is 3.32. The highest BCUT2D eigenvalue weighted by Gasteiger charge is 2.35. The Morgan fingerprint density at radius 1 is 0.667 bits per heavy atom. The van der Waals surface area contributed by atoms with Crippen LogP contribution in [0, 0.1) is 0 Å². The molecule has 0 aliphatic rings. The van der Waals surface area contributed by atoms with Crippen LogP contribution < -0.4 is 23.7 Å². The van der Waals surface area contributed by atoms with Gasteiger partial charge >= 0.3 is 0 Å². The monoisotopic (exact) mass is 420 g/mol. The molecular weight excluding hydrogens is 392 g/mol. The molecule has 0 amide bonds. The van der Waals surface area contributed by atoms with Gasteiger partial charge in [0.1, 0.15) is 22.8 Å². The first kappa shape index (κ1) is 23.3. The third-order valence-electron chi connectivity index (χ3n) is 4.75. The number of hydrogen-bond acceptors (Lipinski definition) is 8. The van der Waals surface area contributed by atoms with Crippen molar-refractivity contribution in [1.82, 2.24) is 0 Å². The first-order valence-corrected chi connectivity index (χ1v) is 9.11. The van der Waals surface area contributed by atoms with Crippen molar-refractivity contribution in [3.8, 4) is 28.7 Å². The molecule has 1 unspecified atom stereocenters. The van der Waals surface area contributed by atoms with Crippen molar-refractivity contribution >= 4 is 5.78 Å². The molecule has 8 heteroatoms. The summed E-state index contributed by atoms with van der Waals surface area (Å²) in [6.07, 6.45) is -0.868. The molecule has 0 aliphatic carbocycles. The second kappa shape index (κ2) is 10.7. The van der Waals surface area contributed by atoms with Crippen molar-refractivity contribution in [2.45, 2.75) is 12.2 Å². The van der Waals surface area contributed by atoms with Gasteiger partial charge < -0.3 is 33.2 Å². The van der Waals surface area contributed by atoms with E-state index in [-0.39, 0.29) is 11.3 Å². The average molecular weight is 420 g/mol. The fourth-order valence-corrected chi connectivity index (χ4v) is 3.25. The van der Waals surface area contributed by atoms with Crippen LogP contribution in [0.4, 0.5) is 0 Å². The molecule has 0 heterocycles. The molecule has 30 heavy (non-hydrogen) atoms. The van der Waals surface area contributed by atoms with E-state index in [0.29, 0.717) is 34.3 Å². The standard InChI is InChI=1S/C22H28O8/c1-24-14-11-17(27-4)20(18(12-14)28-5)21(23)19(22(29-6)30-7)13-8-9-15(25-2)16(10-13)26-3/h8-12,19,22H,1-7H3. The molecule has 0 saturated heterocycles. The Labute approximate surface area is 176 Å². The lowest BCUT2D eigenvalue weighted by molar-refractivity contribution is -0.110. The van der Waals surface area contributed by atoms with Crippen LogP contribution in [0.2, 0.25) is 0 Å². The normalized spacial score (nSPS) is 11.7. The molecule has 0 radical (unpaired) electrons. The summed E-state index contributed by atoms with van der Waals surface area (Å²) in [5, 5.41) is 0. The summed E-state index contributed by atoms with van der Waals surface area (Å²) in [5.41, 5.74) is 0.867. The number of hydrogen-bond donors (Lipinski definition) is 0. The molecule has 0 N–H and O–H groups in total. The van der Waals surface area contributed by atoms with Crippen molar-refractivity contribution in [3.05, 3.63) is 41.5 Å². The van der Waals surface area contributed by atoms with Crippen molar-refractivity contribution in [2.75, 3.05) is 49.8 Å². The highest BCUT2D eigenvalue weighted by molar-refractivity contribution is 6.06. The minimum Gasteiger partial charge on any atom is -0.496 e. The summed E-state index contributed by atoms with van der Waals surface area (Å²) in [7, 11) is 10.5. The van der Waals surface area contributed by atoms with E-state index in [4.69, 9.17) is 33.2 Å². The first-order valence-electron chi connectivity index (χ1n) is 9.11. The van der Waals surface area contributed by atoms with Crippen LogP contribution >= 0.6 is 0 Å². The maximum atomic E-state index is 13.8. The van der Waals surface area contributed by atoms with E-state index in [2.05, 4.69) is 0 Å². The fraction of sp³-hybridized carbons (Fsp3) is 0.409. The molecule has 0 aromatic heterocycles. The summed E-state index contributed by atoms with van der Waals surface area (Å²) >= 11 is 0. The fourth-order valence-electron chi connectivity index (χ4n) is 3.25. The quantitative estimate of drug-likeness (QED) is 0.405. The average Bonchev–Trinajstić information content (AvgIpc) is 2.80. The smallest absolute Gasteiger partial charge is 0.182 e. The lowest BCUT2D eigenvalue weighted by atomic mass is 9.88. The third kappa shape index (κ3) is 4.60. The zero-order valence-electron chi connectivity index (χ0n) is 18.3. The van der Waals surface area contributed by atoms with Gasteiger partial charge in [-0.05, 0) is 17.7 Å². The van der Waals surface area contributed by atoms with Gasteiger partial charge in [0, 0.05) is 26.4 Å². The Balaban J connectivity index is 2.68. The number of rotatable bonds is 11. The Hall–Kier alpha value is -2.97. The third-order valence-corrected chi connectivity index (χ3v) is 4.75. The summed E-state index contributed by atoms with van der Waals surface area (Å²) < 4.78 is 37.8. The van der Waals surface area contributed by atoms with Gasteiger partial charge in [0.25, 0.3) is 0 Å². The minimum atomic E-state index is -0.868. The van der Waals surface area contributed by atoms with Crippen LogP contribution in [0.3, 0.4) is 0 Å². The summed E-state index contributed by atoms with van der Waals surface area (Å²) in [6, 6.07) is 8.44. The lowest BCUT2D eigenvalue weighted by Gasteiger charge is -2.26. The van der Waals surface area contributed by atoms with E-state index in [1.807, 2.05) is 0 Å². The molecule has 2 aromatic carbocycles. The molecule has 1 atom stereocenters. The number of carbonyl (C=O) groups excluding carboxylic acids is 1. The van der Waals surface area contributed by atoms with Crippen LogP contribution in [0.25, 0.3) is 0 Å². The Kier molecular flexibility index (Phi) is 8.32. The van der Waals surface area contributed by atoms with Crippen molar-refractivity contribution in [2.24, 2.45) is 0 Å². The molecule has 0 bridgehead atoms. The van der Waals surface area contributed by atoms with E-state index < -0.39 is 12.2 Å². The molecule has 8 nitrogen and oxygen atoms in total. The highest BCUT2D eigenvalue weighted by atomic mass is 16.7. The van der Waals surface area contributed by atoms with Gasteiger partial charge in [-0.1, -0.05) is 6.07 Å². The second-order valence-corrected chi connectivity index (χ2v) is 6.20. The van der Waals surface area contributed by atoms with Crippen LogP contribution in [-0.2, 0) is 9.47 Å². The summed E-state index contributed by atoms with van der Waals surface area (Å²) in [6.45, 7) is 0. The molecule has 0 spiro atoms. The maximum Gasteiger partial charge on any atom is 0.182 e. The minimum absolute atomic E-state index is 0.250. The topological polar surface area (TPSA) is 81.7 Å². The van der Waals surface area contributed by atoms with E-state index in [1.165, 1.54) is 42.7 Å². The van der Waals surface area contributed by atoms with Gasteiger partial charge in [0.15, 0.2) is 23.6 Å². The second-order valence-electron chi connectivity index (χ2n) is 6.20. The number of methoxy groups -OCH3 is 7. The van der Waals surface area contributed by atoms with Crippen LogP contribution in [0.5, 0.6) is 28.7 Å². The van der Waals surface area contributed by atoms with Crippen LogP contribution in [0.1, 0.15) is 21.8 Å². The summed E-state index contributed by atoms with van der Waals surface area (Å²) in [4.78, 5) is 13.8. The Bertz CT molecular complexity index is 835. The number of benzene rings is 2. The Morgan fingerprint density at radius 3 is 1.63 bits per heavy atom. The molecule has 2 rings (SSSR count). The van der Waals surface area contributed by atoms with E-state index >= 15 is 0 Å². The molecule has 2 aromatic rings. The van der Waals surface area contributed by atoms with Gasteiger partial charge in [0.05, 0.1) is 41.5 Å². The van der Waals surface area contributed by atoms with E-state index in [9.17, 15) is 4.79 Å². The predicted molar refractivity (Wildman–Crippen MR) is 111 cm³/mol. The maximum absolute atomic E-state index is 13.8. The number of Topliss-reactive ketones (excluding diaryl/α,β-unsaturated/α-hetero) is 1. The summed E-state index contributed by atoms with van der Waals surface area (Å²) in [5.74, 6) is 0.993. The van der Waals surface area contributed by atoms with Gasteiger partial charge in [0.2, 0.25) is 0 Å². The van der Waals surface area contributed by atoms with Gasteiger partial charge in [-0.15, -0.1) is 0 Å². The lowest BCUT2D eigenvalue weighted by Crippen LogP contribution is -2.30. The van der Waals surface area contributed by atoms with E-state index in [0.717, 1.165) is 0 Å². The first-order chi connectivity index (χ1) is 14.5. The van der Waals surface area contributed by atoms with Crippen molar-refractivity contribution in [3.63, 3.8) is 0 Å². The van der Waals surface area contributed by atoms with Crippen LogP contribution in [0.15, 0.2) is 30.3 Å². The Morgan fingerprint density at radius 2 is 1.20 bits per heavy atom. The van der Waals surface area contributed by atoms with Crippen LogP contribution in [-0.4, -0.2) is 61.8 Å². The molecule has 164 valence electrons. The number of carbonyl (C=O) groups is 1. The SMILES string of the molecule is COc1cc(OC)c(C(=O)C(c2ccc(OC)c(OC)c2)C(OC)OC)c(OC)c1. The number of ketones is 1. The molecule has 0 aliphatic heterocycles. The molecule has 0 fully saturated rings. The van der Waals surface area contributed by atoms with Crippen molar-refractivity contribution in [1.29, 1.82) is 0 Å². The van der Waals surface area contributed by atoms with Gasteiger partial charge in [-0.2, -0.15) is 0 Å². The molecular formula is C22H28O8. The zero-order chi connectivity index (χ0) is 22.3. The van der Waals surface area contributed by atoms with Gasteiger partial charge in [-0.25, -0.2) is 0 Å². The number of ether oxygens (including phenoxy) is 7. The largest absolute Gasteiger partial charge is 0.496 e. The molecule has 0 saturated carbocycles. The highest BCUT2D eigenvalue weighted by Crippen LogP contribution is 2.40. The van der Waals surface area contributed by atoms with E-state index in [1.54, 1.807) is 37.4 Å². The zero-order valence-corrected chi connectivity index (χ0v) is 18.3. The van der Waals surface area contributed by atoms with Crippen molar-refractivity contribution < 1.29 is 38.0 Å².